The summed E-state index contributed by atoms with van der Waals surface area (Å²) in [7, 11) is 2.07. The second-order valence-electron chi connectivity index (χ2n) is 6.21. The fraction of sp³-hybridized carbons (Fsp3) is 0.647. The minimum absolute atomic E-state index is 0.00705. The molecule has 0 aromatic rings. The number of piperidine rings is 1. The number of hydrogen-bond acceptors (Lipinski definition) is 4. The van der Waals surface area contributed by atoms with Crippen LogP contribution in [0.4, 0.5) is 0 Å². The molecule has 1 fully saturated rings. The number of likely N-dealkylation sites (tertiary alicyclic amines) is 1. The first-order chi connectivity index (χ1) is 10.4. The Hall–Kier alpha value is -1.62. The van der Waals surface area contributed by atoms with Crippen molar-refractivity contribution in [3.8, 4) is 0 Å². The van der Waals surface area contributed by atoms with Crippen molar-refractivity contribution >= 4 is 11.9 Å². The summed E-state index contributed by atoms with van der Waals surface area (Å²) in [5, 5.41) is 0. The van der Waals surface area contributed by atoms with Gasteiger partial charge in [-0.15, -0.1) is 0 Å². The predicted molar refractivity (Wildman–Crippen MR) is 85.0 cm³/mol. The first-order valence-corrected chi connectivity index (χ1v) is 7.96. The smallest absolute Gasteiger partial charge is 0.316 e. The largest absolute Gasteiger partial charge is 0.465 e. The zero-order valence-electron chi connectivity index (χ0n) is 14.0. The van der Waals surface area contributed by atoms with Crippen LogP contribution in [0.15, 0.2) is 23.9 Å². The number of esters is 1. The van der Waals surface area contributed by atoms with Crippen LogP contribution < -0.4 is 0 Å². The van der Waals surface area contributed by atoms with Crippen molar-refractivity contribution < 1.29 is 14.3 Å². The molecule has 0 N–H and O–H groups in total. The lowest BCUT2D eigenvalue weighted by Crippen LogP contribution is -2.46. The van der Waals surface area contributed by atoms with Gasteiger partial charge in [0.2, 0.25) is 5.91 Å². The van der Waals surface area contributed by atoms with Crippen LogP contribution >= 0.6 is 0 Å². The number of carbonyl (C=O) groups excluding carboxylic acids is 2. The maximum Gasteiger partial charge on any atom is 0.316 e. The normalized spacial score (nSPS) is 24.8. The Morgan fingerprint density at radius 1 is 1.36 bits per heavy atom. The quantitative estimate of drug-likeness (QED) is 0.748. The van der Waals surface area contributed by atoms with E-state index in [1.165, 1.54) is 0 Å². The molecule has 22 heavy (non-hydrogen) atoms. The minimum Gasteiger partial charge on any atom is -0.465 e. The van der Waals surface area contributed by atoms with Crippen molar-refractivity contribution in [3.05, 3.63) is 23.9 Å². The summed E-state index contributed by atoms with van der Waals surface area (Å²) in [6, 6.07) is -0.0385. The van der Waals surface area contributed by atoms with Gasteiger partial charge in [0.05, 0.1) is 18.1 Å². The lowest BCUT2D eigenvalue weighted by atomic mass is 9.71. The zero-order valence-corrected chi connectivity index (χ0v) is 14.0. The summed E-state index contributed by atoms with van der Waals surface area (Å²) in [6.45, 7) is 7.49. The van der Waals surface area contributed by atoms with Crippen LogP contribution in [0.25, 0.3) is 0 Å². The average Bonchev–Trinajstić information content (AvgIpc) is 2.48. The molecule has 0 spiro atoms. The van der Waals surface area contributed by atoms with Crippen LogP contribution in [-0.2, 0) is 14.3 Å². The van der Waals surface area contributed by atoms with Gasteiger partial charge in [-0.1, -0.05) is 6.08 Å². The Morgan fingerprint density at radius 2 is 2.00 bits per heavy atom. The van der Waals surface area contributed by atoms with Gasteiger partial charge in [0.1, 0.15) is 0 Å². The molecule has 2 aliphatic rings. The van der Waals surface area contributed by atoms with Gasteiger partial charge in [-0.05, 0) is 58.5 Å². The molecule has 0 bridgehead atoms. The Morgan fingerprint density at radius 3 is 2.50 bits per heavy atom. The molecule has 1 amide bonds. The van der Waals surface area contributed by atoms with Crippen LogP contribution in [0.5, 0.6) is 0 Å². The Kier molecular flexibility index (Phi) is 5.06. The van der Waals surface area contributed by atoms with Gasteiger partial charge in [0, 0.05) is 13.1 Å². The molecule has 2 rings (SSSR count). The van der Waals surface area contributed by atoms with Gasteiger partial charge < -0.3 is 14.5 Å². The van der Waals surface area contributed by atoms with Gasteiger partial charge in [0.25, 0.3) is 0 Å². The monoisotopic (exact) mass is 306 g/mol. The molecule has 0 saturated carbocycles. The van der Waals surface area contributed by atoms with E-state index in [2.05, 4.69) is 11.9 Å². The summed E-state index contributed by atoms with van der Waals surface area (Å²) in [5.41, 5.74) is 0.417. The molecule has 2 heterocycles. The highest BCUT2D eigenvalue weighted by Crippen LogP contribution is 2.42. The average molecular weight is 306 g/mol. The fourth-order valence-electron chi connectivity index (χ4n) is 3.28. The van der Waals surface area contributed by atoms with E-state index in [-0.39, 0.29) is 17.9 Å². The number of nitrogens with zero attached hydrogens (tertiary/aromatic N) is 2. The lowest BCUT2D eigenvalue weighted by molar-refractivity contribution is -0.155. The van der Waals surface area contributed by atoms with Gasteiger partial charge >= 0.3 is 5.97 Å². The Labute approximate surface area is 132 Å². The molecule has 1 atom stereocenters. The Balaban J connectivity index is 2.31. The molecular formula is C17H26N2O3. The lowest BCUT2D eigenvalue weighted by Gasteiger charge is -2.41. The van der Waals surface area contributed by atoms with Crippen LogP contribution in [0.1, 0.15) is 33.6 Å². The fourth-order valence-corrected chi connectivity index (χ4v) is 3.28. The van der Waals surface area contributed by atoms with Crippen molar-refractivity contribution in [2.75, 3.05) is 26.7 Å². The molecule has 5 heteroatoms. The van der Waals surface area contributed by atoms with Crippen LogP contribution in [0.2, 0.25) is 0 Å². The van der Waals surface area contributed by atoms with E-state index in [1.54, 1.807) is 18.0 Å². The molecule has 0 aliphatic carbocycles. The summed E-state index contributed by atoms with van der Waals surface area (Å²) < 4.78 is 5.37. The molecule has 1 saturated heterocycles. The third kappa shape index (κ3) is 3.09. The summed E-state index contributed by atoms with van der Waals surface area (Å²) in [6.07, 6.45) is 7.24. The standard InChI is InChI=1S/C17H26N2O3/c1-5-22-16(21)17(7-10-18(4)11-8-17)15-6-9-19(14(3)20)13(2)12-15/h6,9,12-13H,5,7-8,10-11H2,1-4H3. The van der Waals surface area contributed by atoms with Crippen molar-refractivity contribution in [1.82, 2.24) is 9.80 Å². The van der Waals surface area contributed by atoms with E-state index >= 15 is 0 Å². The minimum atomic E-state index is -0.573. The molecule has 0 radical (unpaired) electrons. The molecule has 1 unspecified atom stereocenters. The third-order valence-corrected chi connectivity index (χ3v) is 4.70. The number of amides is 1. The maximum atomic E-state index is 12.7. The number of carbonyl (C=O) groups is 2. The topological polar surface area (TPSA) is 49.9 Å². The van der Waals surface area contributed by atoms with Crippen molar-refractivity contribution in [1.29, 1.82) is 0 Å². The number of ether oxygens (including phenoxy) is 1. The molecule has 0 aromatic carbocycles. The van der Waals surface area contributed by atoms with Gasteiger partial charge in [0.15, 0.2) is 0 Å². The summed E-state index contributed by atoms with van der Waals surface area (Å²) in [5.74, 6) is -0.130. The SMILES string of the molecule is CCOC(=O)C1(C2=CC(C)N(C(C)=O)C=C2)CCN(C)CC1. The van der Waals surface area contributed by atoms with E-state index in [1.807, 2.05) is 26.0 Å². The second kappa shape index (κ2) is 6.65. The predicted octanol–water partition coefficient (Wildman–Crippen LogP) is 1.95. The second-order valence-corrected chi connectivity index (χ2v) is 6.21. The Bertz CT molecular complexity index is 502. The highest BCUT2D eigenvalue weighted by molar-refractivity contribution is 5.82. The first kappa shape index (κ1) is 16.7. The molecule has 0 aromatic heterocycles. The first-order valence-electron chi connectivity index (χ1n) is 7.96. The summed E-state index contributed by atoms with van der Waals surface area (Å²) >= 11 is 0. The third-order valence-electron chi connectivity index (χ3n) is 4.70. The van der Waals surface area contributed by atoms with E-state index < -0.39 is 5.41 Å². The van der Waals surface area contributed by atoms with Crippen LogP contribution in [-0.4, -0.2) is 54.5 Å². The van der Waals surface area contributed by atoms with Crippen LogP contribution in [0, 0.1) is 5.41 Å². The molecule has 5 nitrogen and oxygen atoms in total. The van der Waals surface area contributed by atoms with Crippen LogP contribution in [0.3, 0.4) is 0 Å². The van der Waals surface area contributed by atoms with Crippen molar-refractivity contribution in [3.63, 3.8) is 0 Å². The number of allylic oxidation sites excluding steroid dienone is 1. The highest BCUT2D eigenvalue weighted by Gasteiger charge is 2.45. The molecule has 122 valence electrons. The molecule has 2 aliphatic heterocycles. The van der Waals surface area contributed by atoms with E-state index in [4.69, 9.17) is 4.74 Å². The van der Waals surface area contributed by atoms with Gasteiger partial charge in [-0.3, -0.25) is 9.59 Å². The highest BCUT2D eigenvalue weighted by atomic mass is 16.5. The van der Waals surface area contributed by atoms with Crippen molar-refractivity contribution in [2.24, 2.45) is 5.41 Å². The number of hydrogen-bond donors (Lipinski definition) is 0. The van der Waals surface area contributed by atoms with Crippen molar-refractivity contribution in [2.45, 2.75) is 39.7 Å². The zero-order chi connectivity index (χ0) is 16.3. The van der Waals surface area contributed by atoms with Gasteiger partial charge in [-0.25, -0.2) is 0 Å². The summed E-state index contributed by atoms with van der Waals surface area (Å²) in [4.78, 5) is 28.2. The van der Waals surface area contributed by atoms with Gasteiger partial charge in [-0.2, -0.15) is 0 Å². The van der Waals surface area contributed by atoms with E-state index in [9.17, 15) is 9.59 Å². The molecular weight excluding hydrogens is 280 g/mol. The van der Waals surface area contributed by atoms with E-state index in [0.717, 1.165) is 31.5 Å². The maximum absolute atomic E-state index is 12.7. The number of rotatable bonds is 3. The van der Waals surface area contributed by atoms with E-state index in [0.29, 0.717) is 6.61 Å².